The zero-order valence-electron chi connectivity index (χ0n) is 17.2. The first kappa shape index (κ1) is 19.3. The highest BCUT2D eigenvalue weighted by atomic mass is 15.1. The topological polar surface area (TPSA) is 15.6 Å². The first-order valence-corrected chi connectivity index (χ1v) is 10.4. The Hall–Kier alpha value is -1.49. The van der Waals surface area contributed by atoms with Crippen LogP contribution in [-0.2, 0) is 0 Å². The first-order valence-electron chi connectivity index (χ1n) is 10.4. The number of terminal acetylenes is 1. The Kier molecular flexibility index (Phi) is 5.38. The fourth-order valence-electron chi connectivity index (χ4n) is 7.03. The van der Waals surface area contributed by atoms with Crippen LogP contribution in [0.5, 0.6) is 0 Å². The van der Waals surface area contributed by atoms with Crippen LogP contribution >= 0.6 is 0 Å². The standard InChI is InChI=1S/C22H34N2.C2H2/c1-21-13-6-5-7-16(21)8-9-17-18-10-11-20(24(4)15-23-3)22(18,2)14-12-19(17)21;1-2/h8,11,15,17-19H,5-7,9-10,12-14H2,1-4H3;1-2H. The summed E-state index contributed by atoms with van der Waals surface area (Å²) in [7, 11) is 4.06. The lowest BCUT2D eigenvalue weighted by Gasteiger charge is -2.57. The maximum Gasteiger partial charge on any atom is 0.0885 e. The van der Waals surface area contributed by atoms with Crippen molar-refractivity contribution < 1.29 is 0 Å². The second kappa shape index (κ2) is 7.26. The van der Waals surface area contributed by atoms with Gasteiger partial charge < -0.3 is 4.90 Å². The molecule has 4 aliphatic rings. The lowest BCUT2D eigenvalue weighted by atomic mass is 9.48. The van der Waals surface area contributed by atoms with E-state index in [4.69, 9.17) is 0 Å². The van der Waals surface area contributed by atoms with Gasteiger partial charge in [-0.25, -0.2) is 0 Å². The molecule has 2 saturated carbocycles. The number of allylic oxidation sites excluding steroid dienone is 4. The van der Waals surface area contributed by atoms with Gasteiger partial charge in [-0.3, -0.25) is 4.99 Å². The monoisotopic (exact) mass is 352 g/mol. The van der Waals surface area contributed by atoms with Crippen molar-refractivity contribution in [3.63, 3.8) is 0 Å². The zero-order valence-corrected chi connectivity index (χ0v) is 17.2. The predicted molar refractivity (Wildman–Crippen MR) is 112 cm³/mol. The van der Waals surface area contributed by atoms with Crippen molar-refractivity contribution in [2.45, 2.75) is 65.2 Å². The summed E-state index contributed by atoms with van der Waals surface area (Å²) in [6.07, 6.45) is 26.2. The molecular formula is C24H36N2. The van der Waals surface area contributed by atoms with E-state index in [1.807, 2.05) is 19.0 Å². The van der Waals surface area contributed by atoms with Gasteiger partial charge in [-0.15, -0.1) is 12.8 Å². The van der Waals surface area contributed by atoms with Gasteiger partial charge in [0.2, 0.25) is 0 Å². The number of hydrogen-bond acceptors (Lipinski definition) is 1. The van der Waals surface area contributed by atoms with Crippen molar-refractivity contribution in [1.82, 2.24) is 4.90 Å². The van der Waals surface area contributed by atoms with Crippen molar-refractivity contribution in [2.75, 3.05) is 14.1 Å². The summed E-state index contributed by atoms with van der Waals surface area (Å²) in [6, 6.07) is 0. The molecule has 0 spiro atoms. The molecule has 0 aromatic rings. The largest absolute Gasteiger partial charge is 0.339 e. The highest BCUT2D eigenvalue weighted by Crippen LogP contribution is 2.65. The van der Waals surface area contributed by atoms with Gasteiger partial charge in [-0.05, 0) is 68.1 Å². The van der Waals surface area contributed by atoms with E-state index in [-0.39, 0.29) is 0 Å². The number of hydrogen-bond donors (Lipinski definition) is 0. The molecule has 5 atom stereocenters. The van der Waals surface area contributed by atoms with E-state index in [0.717, 1.165) is 17.8 Å². The van der Waals surface area contributed by atoms with Gasteiger partial charge in [0.25, 0.3) is 0 Å². The minimum absolute atomic E-state index is 0.355. The molecule has 0 aromatic heterocycles. The van der Waals surface area contributed by atoms with Crippen molar-refractivity contribution in [3.8, 4) is 12.8 Å². The van der Waals surface area contributed by atoms with E-state index < -0.39 is 0 Å². The Morgan fingerprint density at radius 3 is 2.58 bits per heavy atom. The van der Waals surface area contributed by atoms with E-state index in [9.17, 15) is 0 Å². The lowest BCUT2D eigenvalue weighted by Crippen LogP contribution is -2.49. The molecule has 0 bridgehead atoms. The van der Waals surface area contributed by atoms with Crippen molar-refractivity contribution in [3.05, 3.63) is 23.4 Å². The molecule has 2 heteroatoms. The van der Waals surface area contributed by atoms with Gasteiger partial charge in [0.15, 0.2) is 0 Å². The first-order chi connectivity index (χ1) is 12.5. The van der Waals surface area contributed by atoms with Crippen LogP contribution in [0.1, 0.15) is 65.2 Å². The third-order valence-corrected chi connectivity index (χ3v) is 8.23. The van der Waals surface area contributed by atoms with Gasteiger partial charge in [-0.1, -0.05) is 38.0 Å². The van der Waals surface area contributed by atoms with Crippen molar-refractivity contribution in [1.29, 1.82) is 0 Å². The summed E-state index contributed by atoms with van der Waals surface area (Å²) >= 11 is 0. The van der Waals surface area contributed by atoms with E-state index in [1.54, 1.807) is 0 Å². The van der Waals surface area contributed by atoms with Crippen LogP contribution in [-0.4, -0.2) is 25.3 Å². The third-order valence-electron chi connectivity index (χ3n) is 8.23. The maximum atomic E-state index is 4.25. The fraction of sp³-hybridized carbons (Fsp3) is 0.708. The smallest absolute Gasteiger partial charge is 0.0885 e. The Bertz CT molecular complexity index is 640. The van der Waals surface area contributed by atoms with Crippen LogP contribution in [0, 0.1) is 41.4 Å². The predicted octanol–water partition coefficient (Wildman–Crippen LogP) is 5.67. The van der Waals surface area contributed by atoms with E-state index in [2.05, 4.69) is 55.8 Å². The molecule has 0 heterocycles. The molecule has 0 saturated heterocycles. The number of rotatable bonds is 2. The van der Waals surface area contributed by atoms with Crippen LogP contribution < -0.4 is 0 Å². The summed E-state index contributed by atoms with van der Waals surface area (Å²) in [6.45, 7) is 5.14. The van der Waals surface area contributed by atoms with Gasteiger partial charge in [0, 0.05) is 25.2 Å². The van der Waals surface area contributed by atoms with Gasteiger partial charge >= 0.3 is 0 Å². The molecule has 0 aromatic carbocycles. The summed E-state index contributed by atoms with van der Waals surface area (Å²) in [4.78, 5) is 6.53. The summed E-state index contributed by atoms with van der Waals surface area (Å²) in [5.74, 6) is 2.64. The molecule has 5 unspecified atom stereocenters. The van der Waals surface area contributed by atoms with Crippen LogP contribution in [0.4, 0.5) is 0 Å². The van der Waals surface area contributed by atoms with Crippen LogP contribution in [0.15, 0.2) is 28.4 Å². The average molecular weight is 353 g/mol. The molecule has 142 valence electrons. The maximum absolute atomic E-state index is 4.25. The Morgan fingerprint density at radius 1 is 1.08 bits per heavy atom. The summed E-state index contributed by atoms with van der Waals surface area (Å²) in [5.41, 5.74) is 4.22. The Labute approximate surface area is 160 Å². The molecule has 0 aliphatic heterocycles. The van der Waals surface area contributed by atoms with E-state index >= 15 is 0 Å². The lowest BCUT2D eigenvalue weighted by molar-refractivity contribution is -0.0214. The Balaban J connectivity index is 0.000000948. The Morgan fingerprint density at radius 2 is 1.85 bits per heavy atom. The average Bonchev–Trinajstić information content (AvgIpc) is 3.00. The third kappa shape index (κ3) is 2.75. The SMILES string of the molecule is C#C.CN=CN(C)C1=CCC2C3CC=C4CCCCC4(C)C3CCC12C. The minimum Gasteiger partial charge on any atom is -0.339 e. The minimum atomic E-state index is 0.355. The van der Waals surface area contributed by atoms with Crippen LogP contribution in [0.25, 0.3) is 0 Å². The van der Waals surface area contributed by atoms with Crippen molar-refractivity contribution in [2.24, 2.45) is 33.6 Å². The van der Waals surface area contributed by atoms with E-state index in [1.165, 1.54) is 57.1 Å². The second-order valence-corrected chi connectivity index (χ2v) is 9.23. The molecule has 26 heavy (non-hydrogen) atoms. The molecule has 4 aliphatic carbocycles. The number of nitrogens with zero attached hydrogens (tertiary/aromatic N) is 2. The molecular weight excluding hydrogens is 316 g/mol. The molecule has 2 nitrogen and oxygen atoms in total. The number of fused-ring (bicyclic) bond motifs is 5. The molecule has 0 amide bonds. The fourth-order valence-corrected chi connectivity index (χ4v) is 7.03. The zero-order chi connectivity index (χ0) is 18.9. The second-order valence-electron chi connectivity index (χ2n) is 9.23. The highest BCUT2D eigenvalue weighted by molar-refractivity contribution is 5.58. The molecule has 0 N–H and O–H groups in total. The molecule has 0 radical (unpaired) electrons. The number of aliphatic imine (C=N–C) groups is 1. The van der Waals surface area contributed by atoms with Crippen LogP contribution in [0.3, 0.4) is 0 Å². The molecule has 2 fully saturated rings. The normalized spacial score (nSPS) is 41.1. The summed E-state index contributed by atoms with van der Waals surface area (Å²) in [5, 5.41) is 0. The molecule has 4 rings (SSSR count). The highest BCUT2D eigenvalue weighted by Gasteiger charge is 2.56. The van der Waals surface area contributed by atoms with E-state index in [0.29, 0.717) is 10.8 Å². The summed E-state index contributed by atoms with van der Waals surface area (Å²) < 4.78 is 0. The van der Waals surface area contributed by atoms with Crippen molar-refractivity contribution >= 4 is 6.34 Å². The van der Waals surface area contributed by atoms with Gasteiger partial charge in [0.1, 0.15) is 0 Å². The van der Waals surface area contributed by atoms with Crippen LogP contribution in [0.2, 0.25) is 0 Å². The van der Waals surface area contributed by atoms with Gasteiger partial charge in [0.05, 0.1) is 6.34 Å². The quantitative estimate of drug-likeness (QED) is 0.270. The van der Waals surface area contributed by atoms with Gasteiger partial charge in [-0.2, -0.15) is 0 Å².